The fourth-order valence-corrected chi connectivity index (χ4v) is 2.86. The number of aromatic nitrogens is 3. The van der Waals surface area contributed by atoms with Crippen molar-refractivity contribution < 1.29 is 9.13 Å². The quantitative estimate of drug-likeness (QED) is 0.194. The van der Waals surface area contributed by atoms with Gasteiger partial charge < -0.3 is 15.4 Å². The summed E-state index contributed by atoms with van der Waals surface area (Å²) in [7, 11) is 0. The fourth-order valence-electron chi connectivity index (χ4n) is 2.86. The van der Waals surface area contributed by atoms with Crippen LogP contribution in [0, 0.1) is 5.82 Å². The largest absolute Gasteiger partial charge is 0.489 e. The first-order valence-corrected chi connectivity index (χ1v) is 9.88. The average molecular weight is 526 g/mol. The Kier molecular flexibility index (Phi) is 9.78. The molecule has 0 spiro atoms. The molecule has 2 heterocycles. The van der Waals surface area contributed by atoms with E-state index < -0.39 is 0 Å². The van der Waals surface area contributed by atoms with E-state index in [1.807, 2.05) is 42.6 Å². The molecule has 2 aromatic heterocycles. The van der Waals surface area contributed by atoms with Crippen LogP contribution in [-0.4, -0.2) is 46.3 Å². The summed E-state index contributed by atoms with van der Waals surface area (Å²) in [6.07, 6.45) is 3.58. The van der Waals surface area contributed by atoms with E-state index in [1.165, 1.54) is 12.1 Å². The number of nitrogens with zero attached hydrogens (tertiary/aromatic N) is 4. The van der Waals surface area contributed by atoms with Crippen molar-refractivity contribution in [2.75, 3.05) is 19.6 Å². The molecule has 7 nitrogen and oxygen atoms in total. The standard InChI is InChI=1S/C21H27FN6O.HI/c1-3-23-21(25-15-16(2)29-18-11-9-17(22)10-12-18)24-13-6-8-20-27-26-19-7-4-5-14-28(19)20;/h4-5,7,9-12,14,16H,3,6,8,13,15H2,1-2H3,(H2,23,24,25);1H. The van der Waals surface area contributed by atoms with Crippen molar-refractivity contribution in [3.63, 3.8) is 0 Å². The second-order valence-electron chi connectivity index (χ2n) is 6.68. The number of aliphatic imine (C=N–C) groups is 1. The van der Waals surface area contributed by atoms with Crippen molar-refractivity contribution in [2.45, 2.75) is 32.8 Å². The summed E-state index contributed by atoms with van der Waals surface area (Å²) in [4.78, 5) is 4.57. The molecule has 2 N–H and O–H groups in total. The number of hydrogen-bond acceptors (Lipinski definition) is 4. The molecule has 1 atom stereocenters. The predicted octanol–water partition coefficient (Wildman–Crippen LogP) is 3.44. The van der Waals surface area contributed by atoms with Crippen LogP contribution in [0.2, 0.25) is 0 Å². The molecule has 0 radical (unpaired) electrons. The van der Waals surface area contributed by atoms with Crippen LogP contribution in [0.15, 0.2) is 53.7 Å². The summed E-state index contributed by atoms with van der Waals surface area (Å²) < 4.78 is 20.7. The SMILES string of the molecule is CCNC(=NCC(C)Oc1ccc(F)cc1)NCCCc1nnc2ccccn12.I. The summed E-state index contributed by atoms with van der Waals surface area (Å²) >= 11 is 0. The summed E-state index contributed by atoms with van der Waals surface area (Å²) in [6, 6.07) is 11.9. The first kappa shape index (κ1) is 23.8. The lowest BCUT2D eigenvalue weighted by molar-refractivity contribution is 0.230. The third kappa shape index (κ3) is 7.12. The van der Waals surface area contributed by atoms with Crippen LogP contribution in [0.3, 0.4) is 0 Å². The van der Waals surface area contributed by atoms with Crippen molar-refractivity contribution in [3.05, 3.63) is 60.3 Å². The van der Waals surface area contributed by atoms with E-state index in [2.05, 4.69) is 25.8 Å². The highest BCUT2D eigenvalue weighted by Crippen LogP contribution is 2.13. The lowest BCUT2D eigenvalue weighted by Gasteiger charge is -2.15. The molecular weight excluding hydrogens is 498 g/mol. The normalized spacial score (nSPS) is 12.3. The Balaban J connectivity index is 0.00000320. The van der Waals surface area contributed by atoms with E-state index in [1.54, 1.807) is 12.1 Å². The number of ether oxygens (including phenoxy) is 1. The molecule has 0 amide bonds. The Morgan fingerprint density at radius 3 is 2.73 bits per heavy atom. The van der Waals surface area contributed by atoms with Gasteiger partial charge in [0.1, 0.15) is 23.5 Å². The highest BCUT2D eigenvalue weighted by atomic mass is 127. The van der Waals surface area contributed by atoms with Crippen LogP contribution >= 0.6 is 24.0 Å². The molecular formula is C21H28FIN6O. The first-order chi connectivity index (χ1) is 14.2. The van der Waals surface area contributed by atoms with Crippen molar-refractivity contribution in [2.24, 2.45) is 4.99 Å². The number of halogens is 2. The maximum absolute atomic E-state index is 13.0. The number of guanidine groups is 1. The molecule has 0 aliphatic heterocycles. The monoisotopic (exact) mass is 526 g/mol. The van der Waals surface area contributed by atoms with Crippen LogP contribution in [0.4, 0.5) is 4.39 Å². The van der Waals surface area contributed by atoms with Gasteiger partial charge in [-0.1, -0.05) is 6.07 Å². The van der Waals surface area contributed by atoms with Gasteiger partial charge in [-0.25, -0.2) is 9.38 Å². The zero-order valence-corrected chi connectivity index (χ0v) is 19.5. The van der Waals surface area contributed by atoms with Crippen LogP contribution in [-0.2, 0) is 6.42 Å². The van der Waals surface area contributed by atoms with Crippen LogP contribution in [0.1, 0.15) is 26.1 Å². The van der Waals surface area contributed by atoms with Gasteiger partial charge in [0.15, 0.2) is 11.6 Å². The minimum Gasteiger partial charge on any atom is -0.489 e. The minimum absolute atomic E-state index is 0. The highest BCUT2D eigenvalue weighted by Gasteiger charge is 2.06. The average Bonchev–Trinajstić information content (AvgIpc) is 3.14. The summed E-state index contributed by atoms with van der Waals surface area (Å²) in [6.45, 7) is 5.99. The van der Waals surface area contributed by atoms with Gasteiger partial charge in [-0.15, -0.1) is 34.2 Å². The molecule has 0 fully saturated rings. The number of rotatable bonds is 9. The molecule has 3 aromatic rings. The Morgan fingerprint density at radius 1 is 1.17 bits per heavy atom. The molecule has 0 saturated heterocycles. The zero-order valence-electron chi connectivity index (χ0n) is 17.2. The number of nitrogens with one attached hydrogen (secondary N) is 2. The number of fused-ring (bicyclic) bond motifs is 1. The first-order valence-electron chi connectivity index (χ1n) is 9.88. The van der Waals surface area contributed by atoms with Crippen LogP contribution < -0.4 is 15.4 Å². The minimum atomic E-state index is -0.277. The Hall–Kier alpha value is -2.43. The van der Waals surface area contributed by atoms with E-state index in [4.69, 9.17) is 4.74 Å². The molecule has 0 aliphatic rings. The summed E-state index contributed by atoms with van der Waals surface area (Å²) in [5.74, 6) is 2.05. The number of pyridine rings is 1. The van der Waals surface area contributed by atoms with Crippen molar-refractivity contribution in [1.82, 2.24) is 25.2 Å². The van der Waals surface area contributed by atoms with Gasteiger partial charge in [0.05, 0.1) is 6.54 Å². The summed E-state index contributed by atoms with van der Waals surface area (Å²) in [5, 5.41) is 15.0. The second-order valence-corrected chi connectivity index (χ2v) is 6.68. The van der Waals surface area contributed by atoms with E-state index in [0.717, 1.165) is 43.4 Å². The van der Waals surface area contributed by atoms with Gasteiger partial charge in [-0.05, 0) is 56.7 Å². The number of hydrogen-bond donors (Lipinski definition) is 2. The molecule has 162 valence electrons. The smallest absolute Gasteiger partial charge is 0.191 e. The third-order valence-corrected chi connectivity index (χ3v) is 4.26. The molecule has 0 aliphatic carbocycles. The lowest BCUT2D eigenvalue weighted by atomic mass is 10.3. The van der Waals surface area contributed by atoms with Gasteiger partial charge >= 0.3 is 0 Å². The Labute approximate surface area is 193 Å². The van der Waals surface area contributed by atoms with Crippen LogP contribution in [0.5, 0.6) is 5.75 Å². The summed E-state index contributed by atoms with van der Waals surface area (Å²) in [5.41, 5.74) is 0.862. The van der Waals surface area contributed by atoms with E-state index in [9.17, 15) is 4.39 Å². The highest BCUT2D eigenvalue weighted by molar-refractivity contribution is 14.0. The fraction of sp³-hybridized carbons (Fsp3) is 0.381. The van der Waals surface area contributed by atoms with E-state index in [0.29, 0.717) is 12.3 Å². The molecule has 0 bridgehead atoms. The number of aryl methyl sites for hydroxylation is 1. The molecule has 30 heavy (non-hydrogen) atoms. The predicted molar refractivity (Wildman–Crippen MR) is 127 cm³/mol. The Bertz CT molecular complexity index is 931. The van der Waals surface area contributed by atoms with Gasteiger partial charge in [-0.2, -0.15) is 0 Å². The topological polar surface area (TPSA) is 75.8 Å². The van der Waals surface area contributed by atoms with Crippen molar-refractivity contribution in [3.8, 4) is 5.75 Å². The molecule has 1 unspecified atom stereocenters. The zero-order chi connectivity index (χ0) is 20.5. The van der Waals surface area contributed by atoms with Gasteiger partial charge in [0, 0.05) is 25.7 Å². The second kappa shape index (κ2) is 12.3. The van der Waals surface area contributed by atoms with E-state index >= 15 is 0 Å². The van der Waals surface area contributed by atoms with Crippen molar-refractivity contribution >= 4 is 35.6 Å². The molecule has 1 aromatic carbocycles. The van der Waals surface area contributed by atoms with Crippen LogP contribution in [0.25, 0.3) is 5.65 Å². The van der Waals surface area contributed by atoms with Crippen molar-refractivity contribution in [1.29, 1.82) is 0 Å². The van der Waals surface area contributed by atoms with Gasteiger partial charge in [-0.3, -0.25) is 4.40 Å². The third-order valence-electron chi connectivity index (χ3n) is 4.26. The maximum Gasteiger partial charge on any atom is 0.191 e. The van der Waals surface area contributed by atoms with E-state index in [-0.39, 0.29) is 35.9 Å². The molecule has 9 heteroatoms. The van der Waals surface area contributed by atoms with Gasteiger partial charge in [0.25, 0.3) is 0 Å². The lowest BCUT2D eigenvalue weighted by Crippen LogP contribution is -2.38. The maximum atomic E-state index is 13.0. The Morgan fingerprint density at radius 2 is 1.97 bits per heavy atom. The molecule has 0 saturated carbocycles. The molecule has 3 rings (SSSR count). The number of benzene rings is 1. The van der Waals surface area contributed by atoms with Gasteiger partial charge in [0.2, 0.25) is 0 Å².